The summed E-state index contributed by atoms with van der Waals surface area (Å²) in [6, 6.07) is 19.5. The summed E-state index contributed by atoms with van der Waals surface area (Å²) in [5.41, 5.74) is 3.76. The number of halogens is 1. The molecule has 3 aromatic carbocycles. The van der Waals surface area contributed by atoms with Crippen LogP contribution >= 0.6 is 11.6 Å². The maximum Gasteiger partial charge on any atom is 0.335 e. The molecule has 0 fully saturated rings. The number of rotatable bonds is 9. The molecule has 0 aliphatic heterocycles. The van der Waals surface area contributed by atoms with E-state index in [-0.39, 0.29) is 5.56 Å². The van der Waals surface area contributed by atoms with E-state index in [1.54, 1.807) is 37.5 Å². The molecule has 33 heavy (non-hydrogen) atoms. The van der Waals surface area contributed by atoms with Gasteiger partial charge in [-0.1, -0.05) is 41.9 Å². The summed E-state index contributed by atoms with van der Waals surface area (Å²) in [6.45, 7) is 4.17. The third kappa shape index (κ3) is 6.03. The lowest BCUT2D eigenvalue weighted by molar-refractivity contribution is 0.0697. The Labute approximate surface area is 197 Å². The quantitative estimate of drug-likeness (QED) is 0.227. The van der Waals surface area contributed by atoms with Crippen LogP contribution in [-0.2, 0) is 13.0 Å². The van der Waals surface area contributed by atoms with Crippen molar-refractivity contribution in [1.82, 2.24) is 0 Å². The molecule has 0 heterocycles. The van der Waals surface area contributed by atoms with Gasteiger partial charge in [0.2, 0.25) is 0 Å². The molecule has 0 aliphatic carbocycles. The minimum absolute atomic E-state index is 0.160. The molecule has 166 valence electrons. The average Bonchev–Trinajstić information content (AvgIpc) is 2.82. The van der Waals surface area contributed by atoms with Gasteiger partial charge < -0.3 is 14.6 Å². The first-order valence-corrected chi connectivity index (χ1v) is 10.5. The van der Waals surface area contributed by atoms with Crippen LogP contribution in [0.15, 0.2) is 73.3 Å². The number of nitriles is 1. The number of nitrogens with zero attached hydrogens (tertiary/aromatic N) is 1. The molecule has 0 bridgehead atoms. The van der Waals surface area contributed by atoms with Crippen molar-refractivity contribution in [2.75, 3.05) is 7.11 Å². The lowest BCUT2D eigenvalue weighted by atomic mass is 10.00. The maximum atomic E-state index is 11.1. The second kappa shape index (κ2) is 11.0. The van der Waals surface area contributed by atoms with E-state index in [4.69, 9.17) is 26.2 Å². The molecule has 6 heteroatoms. The first kappa shape index (κ1) is 23.6. The van der Waals surface area contributed by atoms with Crippen LogP contribution in [0, 0.1) is 11.3 Å². The lowest BCUT2D eigenvalue weighted by Crippen LogP contribution is -2.02. The van der Waals surface area contributed by atoms with E-state index in [9.17, 15) is 10.1 Å². The largest absolute Gasteiger partial charge is 0.493 e. The molecule has 0 spiro atoms. The van der Waals surface area contributed by atoms with Crippen molar-refractivity contribution in [2.45, 2.75) is 13.0 Å². The van der Waals surface area contributed by atoms with Crippen LogP contribution in [0.2, 0.25) is 5.02 Å². The zero-order valence-corrected chi connectivity index (χ0v) is 18.8. The van der Waals surface area contributed by atoms with Crippen LogP contribution in [0.1, 0.15) is 32.6 Å². The Morgan fingerprint density at radius 3 is 2.36 bits per heavy atom. The van der Waals surface area contributed by atoms with Crippen LogP contribution in [-0.4, -0.2) is 18.2 Å². The molecule has 5 nitrogen and oxygen atoms in total. The second-order valence-corrected chi connectivity index (χ2v) is 7.61. The Morgan fingerprint density at radius 1 is 1.12 bits per heavy atom. The van der Waals surface area contributed by atoms with E-state index in [2.05, 4.69) is 12.6 Å². The van der Waals surface area contributed by atoms with E-state index >= 15 is 0 Å². The fraction of sp³-hybridized carbons (Fsp3) is 0.111. The Morgan fingerprint density at radius 2 is 1.79 bits per heavy atom. The monoisotopic (exact) mass is 459 g/mol. The fourth-order valence-electron chi connectivity index (χ4n) is 3.26. The fourth-order valence-corrected chi connectivity index (χ4v) is 3.39. The van der Waals surface area contributed by atoms with Gasteiger partial charge in [0, 0.05) is 10.6 Å². The van der Waals surface area contributed by atoms with Crippen molar-refractivity contribution < 1.29 is 19.4 Å². The molecule has 3 rings (SSSR count). The molecule has 0 amide bonds. The van der Waals surface area contributed by atoms with Crippen LogP contribution in [0.4, 0.5) is 0 Å². The maximum absolute atomic E-state index is 11.1. The topological polar surface area (TPSA) is 79.6 Å². The highest BCUT2D eigenvalue weighted by Gasteiger charge is 2.14. The number of carboxylic acids is 1. The predicted molar refractivity (Wildman–Crippen MR) is 130 cm³/mol. The standard InChI is InChI=1S/C27H22ClNO4/c1-3-4-22-13-19(14-23(16-29)20-7-9-21(10-8-20)27(30)31)15-25(32-2)26(22)33-17-18-5-11-24(28)12-6-18/h3,5-15H,1,4,17H2,2H3,(H,30,31)/b23-14-. The molecular weight excluding hydrogens is 438 g/mol. The molecular formula is C27H22ClNO4. The summed E-state index contributed by atoms with van der Waals surface area (Å²) >= 11 is 5.95. The molecule has 0 saturated carbocycles. The van der Waals surface area contributed by atoms with Crippen LogP contribution in [0.25, 0.3) is 11.6 Å². The lowest BCUT2D eigenvalue weighted by Gasteiger charge is -2.16. The van der Waals surface area contributed by atoms with Crippen LogP contribution in [0.5, 0.6) is 11.5 Å². The average molecular weight is 460 g/mol. The summed E-state index contributed by atoms with van der Waals surface area (Å²) in [7, 11) is 1.56. The normalized spacial score (nSPS) is 10.9. The Hall–Kier alpha value is -4.01. The molecule has 0 aromatic heterocycles. The number of ether oxygens (including phenoxy) is 2. The van der Waals surface area contributed by atoms with Crippen molar-refractivity contribution >= 4 is 29.2 Å². The Balaban J connectivity index is 1.95. The van der Waals surface area contributed by atoms with Crippen molar-refractivity contribution in [1.29, 1.82) is 5.26 Å². The van der Waals surface area contributed by atoms with Gasteiger partial charge in [-0.25, -0.2) is 4.79 Å². The van der Waals surface area contributed by atoms with E-state index in [1.807, 2.05) is 30.3 Å². The highest BCUT2D eigenvalue weighted by atomic mass is 35.5. The van der Waals surface area contributed by atoms with Gasteiger partial charge in [0.15, 0.2) is 11.5 Å². The van der Waals surface area contributed by atoms with Crippen LogP contribution < -0.4 is 9.47 Å². The minimum atomic E-state index is -1.02. The number of hydrogen-bond acceptors (Lipinski definition) is 4. The zero-order valence-electron chi connectivity index (χ0n) is 18.0. The van der Waals surface area contributed by atoms with Gasteiger partial charge in [-0.3, -0.25) is 0 Å². The van der Waals surface area contributed by atoms with Gasteiger partial charge in [0.1, 0.15) is 6.61 Å². The molecule has 0 unspecified atom stereocenters. The first-order valence-electron chi connectivity index (χ1n) is 10.1. The number of carboxylic acid groups (broad SMARTS) is 1. The van der Waals surface area contributed by atoms with Crippen molar-refractivity contribution in [3.63, 3.8) is 0 Å². The predicted octanol–water partition coefficient (Wildman–Crippen LogP) is 6.42. The number of hydrogen-bond donors (Lipinski definition) is 1. The highest BCUT2D eigenvalue weighted by Crippen LogP contribution is 2.35. The van der Waals surface area contributed by atoms with Gasteiger partial charge in [-0.15, -0.1) is 6.58 Å². The Kier molecular flexibility index (Phi) is 7.91. The second-order valence-electron chi connectivity index (χ2n) is 7.17. The number of carbonyl (C=O) groups is 1. The third-order valence-electron chi connectivity index (χ3n) is 4.91. The number of methoxy groups -OCH3 is 1. The summed E-state index contributed by atoms with van der Waals surface area (Å²) in [5.74, 6) is 0.124. The zero-order chi connectivity index (χ0) is 23.8. The summed E-state index contributed by atoms with van der Waals surface area (Å²) < 4.78 is 11.7. The summed E-state index contributed by atoms with van der Waals surface area (Å²) in [5, 5.41) is 19.4. The van der Waals surface area contributed by atoms with Crippen molar-refractivity contribution in [2.24, 2.45) is 0 Å². The van der Waals surface area contributed by atoms with Crippen molar-refractivity contribution in [3.8, 4) is 17.6 Å². The summed E-state index contributed by atoms with van der Waals surface area (Å²) in [6.07, 6.45) is 4.05. The van der Waals surface area contributed by atoms with Gasteiger partial charge in [0.05, 0.1) is 24.3 Å². The molecule has 0 saturated heterocycles. The van der Waals surface area contributed by atoms with Crippen LogP contribution in [0.3, 0.4) is 0 Å². The minimum Gasteiger partial charge on any atom is -0.493 e. The molecule has 1 N–H and O–H groups in total. The first-order chi connectivity index (χ1) is 15.9. The number of allylic oxidation sites excluding steroid dienone is 2. The van der Waals surface area contributed by atoms with Crippen molar-refractivity contribution in [3.05, 3.63) is 106 Å². The van der Waals surface area contributed by atoms with E-state index in [0.29, 0.717) is 40.7 Å². The third-order valence-corrected chi connectivity index (χ3v) is 5.16. The number of aromatic carboxylic acids is 1. The van der Waals surface area contributed by atoms with Gasteiger partial charge >= 0.3 is 5.97 Å². The SMILES string of the molecule is C=CCc1cc(/C=C(/C#N)c2ccc(C(=O)O)cc2)cc(OC)c1OCc1ccc(Cl)cc1. The van der Waals surface area contributed by atoms with E-state index < -0.39 is 5.97 Å². The van der Waals surface area contributed by atoms with E-state index in [1.165, 1.54) is 12.1 Å². The molecule has 0 radical (unpaired) electrons. The molecule has 0 atom stereocenters. The molecule has 3 aromatic rings. The van der Waals surface area contributed by atoms with Gasteiger partial charge in [0.25, 0.3) is 0 Å². The van der Waals surface area contributed by atoms with Gasteiger partial charge in [-0.2, -0.15) is 5.26 Å². The Bertz CT molecular complexity index is 1220. The molecule has 0 aliphatic rings. The summed E-state index contributed by atoms with van der Waals surface area (Å²) in [4.78, 5) is 11.1. The van der Waals surface area contributed by atoms with E-state index in [0.717, 1.165) is 16.7 Å². The van der Waals surface area contributed by atoms with Gasteiger partial charge in [-0.05, 0) is 65.6 Å². The smallest absolute Gasteiger partial charge is 0.335 e. The number of benzene rings is 3. The highest BCUT2D eigenvalue weighted by molar-refractivity contribution is 6.30.